The summed E-state index contributed by atoms with van der Waals surface area (Å²) in [6.07, 6.45) is 8.39. The number of nitrogens with zero attached hydrogens (tertiary/aromatic N) is 2. The van der Waals surface area contributed by atoms with Gasteiger partial charge in [-0.15, -0.1) is 0 Å². The molecule has 0 aliphatic rings. The summed E-state index contributed by atoms with van der Waals surface area (Å²) in [7, 11) is 0. The molecule has 0 unspecified atom stereocenters. The van der Waals surface area contributed by atoms with E-state index in [4.69, 9.17) is 9.47 Å². The average Bonchev–Trinajstić information content (AvgIpc) is 2.97. The van der Waals surface area contributed by atoms with Gasteiger partial charge >= 0.3 is 0 Å². The summed E-state index contributed by atoms with van der Waals surface area (Å²) >= 11 is 0. The molecule has 0 N–H and O–H groups in total. The lowest BCUT2D eigenvalue weighted by Gasteiger charge is -2.06. The van der Waals surface area contributed by atoms with Gasteiger partial charge in [0.05, 0.1) is 0 Å². The van der Waals surface area contributed by atoms with E-state index in [0.29, 0.717) is 13.2 Å². The van der Waals surface area contributed by atoms with Gasteiger partial charge in [0.25, 0.3) is 0 Å². The minimum absolute atomic E-state index is 0.570. The van der Waals surface area contributed by atoms with Crippen LogP contribution in [-0.2, 0) is 13.2 Å². The van der Waals surface area contributed by atoms with E-state index in [-0.39, 0.29) is 0 Å². The summed E-state index contributed by atoms with van der Waals surface area (Å²) in [4.78, 5) is 9.19. The van der Waals surface area contributed by atoms with Crippen LogP contribution in [0.3, 0.4) is 0 Å². The topological polar surface area (TPSA) is 43.2 Å². The van der Waals surface area contributed by atoms with E-state index in [2.05, 4.69) is 46.4 Å². The molecule has 0 atom stereocenters. The smallest absolute Gasteiger partial charge is 0.120 e. The molecule has 0 saturated heterocycles. The van der Waals surface area contributed by atoms with Gasteiger partial charge in [-0.05, 0) is 59.4 Å². The molecule has 0 aliphatic carbocycles. The summed E-state index contributed by atoms with van der Waals surface area (Å²) in [6.45, 7) is 2.82. The zero-order valence-electron chi connectivity index (χ0n) is 21.9. The monoisotopic (exact) mass is 504 g/mol. The van der Waals surface area contributed by atoms with E-state index in [1.165, 1.54) is 0 Å². The number of unbranched alkanes of at least 4 members (excludes halogenated alkanes) is 3. The molecule has 0 spiro atoms. The molecular formula is C34H36N2O2. The normalized spacial score (nSPS) is 11.3. The van der Waals surface area contributed by atoms with Gasteiger partial charge in [-0.1, -0.05) is 97.8 Å². The largest absolute Gasteiger partial charge is 0.489 e. The fourth-order valence-corrected chi connectivity index (χ4v) is 3.95. The first-order valence-electron chi connectivity index (χ1n) is 13.4. The first-order chi connectivity index (χ1) is 18.8. The second kappa shape index (κ2) is 15.8. The predicted molar refractivity (Wildman–Crippen MR) is 158 cm³/mol. The van der Waals surface area contributed by atoms with Crippen LogP contribution in [0.4, 0.5) is 0 Å². The Hall–Kier alpha value is -4.18. The molecule has 4 aromatic rings. The molecule has 0 amide bonds. The van der Waals surface area contributed by atoms with Crippen LogP contribution < -0.4 is 9.47 Å². The molecule has 0 heterocycles. The molecule has 38 heavy (non-hydrogen) atoms. The SMILES string of the molecule is C(=NCCCCCCN=Cc1cccc(OCc2ccccc2)c1)c1cccc(OCc2ccccc2)c1. The van der Waals surface area contributed by atoms with Crippen molar-refractivity contribution in [3.05, 3.63) is 131 Å². The van der Waals surface area contributed by atoms with Crippen LogP contribution >= 0.6 is 0 Å². The van der Waals surface area contributed by atoms with Gasteiger partial charge in [0, 0.05) is 25.5 Å². The van der Waals surface area contributed by atoms with Gasteiger partial charge in [-0.2, -0.15) is 0 Å². The molecule has 0 aromatic heterocycles. The summed E-state index contributed by atoms with van der Waals surface area (Å²) in [5, 5.41) is 0. The molecule has 4 aromatic carbocycles. The number of hydrogen-bond acceptors (Lipinski definition) is 4. The second-order valence-corrected chi connectivity index (χ2v) is 9.18. The Balaban J connectivity index is 1.07. The van der Waals surface area contributed by atoms with E-state index >= 15 is 0 Å². The fraction of sp³-hybridized carbons (Fsp3) is 0.235. The lowest BCUT2D eigenvalue weighted by atomic mass is 10.2. The molecule has 0 bridgehead atoms. The van der Waals surface area contributed by atoms with Crippen LogP contribution in [0.1, 0.15) is 47.9 Å². The summed E-state index contributed by atoms with van der Waals surface area (Å²) < 4.78 is 11.8. The van der Waals surface area contributed by atoms with Crippen molar-refractivity contribution in [1.82, 2.24) is 0 Å². The number of rotatable bonds is 15. The van der Waals surface area contributed by atoms with Gasteiger partial charge in [-0.25, -0.2) is 0 Å². The molecule has 4 rings (SSSR count). The first kappa shape index (κ1) is 26.9. The van der Waals surface area contributed by atoms with Crippen molar-refractivity contribution >= 4 is 12.4 Å². The Labute approximate surface area is 226 Å². The predicted octanol–water partition coefficient (Wildman–Crippen LogP) is 7.94. The van der Waals surface area contributed by atoms with Gasteiger partial charge < -0.3 is 9.47 Å². The summed E-state index contributed by atoms with van der Waals surface area (Å²) in [5.41, 5.74) is 4.46. The Morgan fingerprint density at radius 2 is 0.921 bits per heavy atom. The number of benzene rings is 4. The highest BCUT2D eigenvalue weighted by Crippen LogP contribution is 2.15. The van der Waals surface area contributed by atoms with Crippen LogP contribution in [-0.4, -0.2) is 25.5 Å². The van der Waals surface area contributed by atoms with Crippen LogP contribution in [0.25, 0.3) is 0 Å². The number of aliphatic imine (C=N–C) groups is 2. The first-order valence-corrected chi connectivity index (χ1v) is 13.4. The minimum Gasteiger partial charge on any atom is -0.489 e. The highest BCUT2D eigenvalue weighted by molar-refractivity contribution is 5.80. The van der Waals surface area contributed by atoms with E-state index in [1.807, 2.05) is 85.2 Å². The maximum atomic E-state index is 5.91. The third kappa shape index (κ3) is 10.1. The van der Waals surface area contributed by atoms with Crippen molar-refractivity contribution in [2.75, 3.05) is 13.1 Å². The van der Waals surface area contributed by atoms with Gasteiger partial charge in [0.15, 0.2) is 0 Å². The molecule has 0 radical (unpaired) electrons. The van der Waals surface area contributed by atoms with Crippen molar-refractivity contribution in [3.8, 4) is 11.5 Å². The molecule has 0 fully saturated rings. The maximum Gasteiger partial charge on any atom is 0.120 e. The highest BCUT2D eigenvalue weighted by Gasteiger charge is 1.98. The second-order valence-electron chi connectivity index (χ2n) is 9.18. The molecule has 0 saturated carbocycles. The van der Waals surface area contributed by atoms with E-state index in [9.17, 15) is 0 Å². The van der Waals surface area contributed by atoms with Crippen LogP contribution in [0, 0.1) is 0 Å². The van der Waals surface area contributed by atoms with Crippen molar-refractivity contribution in [1.29, 1.82) is 0 Å². The summed E-state index contributed by atoms with van der Waals surface area (Å²) in [6, 6.07) is 36.6. The van der Waals surface area contributed by atoms with Crippen LogP contribution in [0.15, 0.2) is 119 Å². The van der Waals surface area contributed by atoms with Gasteiger partial charge in [-0.3, -0.25) is 9.98 Å². The maximum absolute atomic E-state index is 5.91. The lowest BCUT2D eigenvalue weighted by Crippen LogP contribution is -1.95. The van der Waals surface area contributed by atoms with Crippen LogP contribution in [0.5, 0.6) is 11.5 Å². The molecule has 4 nitrogen and oxygen atoms in total. The Morgan fingerprint density at radius 3 is 1.37 bits per heavy atom. The third-order valence-corrected chi connectivity index (χ3v) is 6.02. The molecule has 0 aliphatic heterocycles. The van der Waals surface area contributed by atoms with Crippen molar-refractivity contribution in [2.45, 2.75) is 38.9 Å². The Kier molecular flexibility index (Phi) is 11.2. The number of hydrogen-bond donors (Lipinski definition) is 0. The standard InChI is InChI=1S/C34H36N2O2/c1(9-21-35-25-31-17-11-19-33(23-31)37-27-29-13-5-3-6-14-29)2-10-22-36-26-32-18-12-20-34(24-32)38-28-30-15-7-4-8-16-30/h3-8,11-20,23-26H,1-2,9-10,21-22,27-28H2. The van der Waals surface area contributed by atoms with E-state index in [1.54, 1.807) is 0 Å². The molecule has 194 valence electrons. The summed E-state index contributed by atoms with van der Waals surface area (Å²) in [5.74, 6) is 1.73. The average molecular weight is 505 g/mol. The minimum atomic E-state index is 0.570. The Morgan fingerprint density at radius 1 is 0.474 bits per heavy atom. The molecule has 4 heteroatoms. The Bertz CT molecular complexity index is 1170. The van der Waals surface area contributed by atoms with Crippen LogP contribution in [0.2, 0.25) is 0 Å². The zero-order chi connectivity index (χ0) is 26.1. The third-order valence-electron chi connectivity index (χ3n) is 6.02. The quantitative estimate of drug-likeness (QED) is 0.122. The van der Waals surface area contributed by atoms with E-state index in [0.717, 1.165) is 72.5 Å². The molecular weight excluding hydrogens is 468 g/mol. The van der Waals surface area contributed by atoms with Gasteiger partial charge in [0.1, 0.15) is 24.7 Å². The van der Waals surface area contributed by atoms with Crippen molar-refractivity contribution < 1.29 is 9.47 Å². The highest BCUT2D eigenvalue weighted by atomic mass is 16.5. The van der Waals surface area contributed by atoms with Crippen molar-refractivity contribution in [2.24, 2.45) is 9.98 Å². The lowest BCUT2D eigenvalue weighted by molar-refractivity contribution is 0.306. The van der Waals surface area contributed by atoms with Gasteiger partial charge in [0.2, 0.25) is 0 Å². The fourth-order valence-electron chi connectivity index (χ4n) is 3.95. The van der Waals surface area contributed by atoms with E-state index < -0.39 is 0 Å². The number of ether oxygens (including phenoxy) is 2. The zero-order valence-corrected chi connectivity index (χ0v) is 21.9. The van der Waals surface area contributed by atoms with Crippen molar-refractivity contribution in [3.63, 3.8) is 0 Å².